The molecule has 1 unspecified atom stereocenters. The molecule has 1 heterocycles. The van der Waals surface area contributed by atoms with Gasteiger partial charge in [-0.3, -0.25) is 14.4 Å². The molecular weight excluding hydrogens is 368 g/mol. The first-order valence-corrected chi connectivity index (χ1v) is 9.10. The molecule has 2 rings (SSSR count). The van der Waals surface area contributed by atoms with E-state index in [1.807, 2.05) is 6.92 Å². The van der Waals surface area contributed by atoms with Crippen LogP contribution in [0.3, 0.4) is 0 Å². The molecule has 1 saturated heterocycles. The van der Waals surface area contributed by atoms with Gasteiger partial charge in [0, 0.05) is 50.9 Å². The van der Waals surface area contributed by atoms with E-state index in [-0.39, 0.29) is 36.0 Å². The van der Waals surface area contributed by atoms with E-state index in [0.29, 0.717) is 43.9 Å². The number of amides is 3. The molecular formula is C19H29ClN4O3. The number of carbonyl (C=O) groups excluding carboxylic acids is 3. The molecule has 1 fully saturated rings. The van der Waals surface area contributed by atoms with Crippen LogP contribution in [0.4, 0.5) is 0 Å². The monoisotopic (exact) mass is 396 g/mol. The summed E-state index contributed by atoms with van der Waals surface area (Å²) in [6.07, 6.45) is 1.55. The van der Waals surface area contributed by atoms with Crippen molar-refractivity contribution in [2.75, 3.05) is 39.8 Å². The van der Waals surface area contributed by atoms with E-state index in [2.05, 4.69) is 5.32 Å². The lowest BCUT2D eigenvalue weighted by atomic mass is 9.96. The lowest BCUT2D eigenvalue weighted by molar-refractivity contribution is -0.126. The number of halogens is 1. The zero-order chi connectivity index (χ0) is 19.1. The van der Waals surface area contributed by atoms with Gasteiger partial charge in [-0.1, -0.05) is 6.07 Å². The Morgan fingerprint density at radius 3 is 2.67 bits per heavy atom. The molecule has 1 aliphatic heterocycles. The van der Waals surface area contributed by atoms with Gasteiger partial charge in [0.15, 0.2) is 0 Å². The quantitative estimate of drug-likeness (QED) is 0.753. The highest BCUT2D eigenvalue weighted by atomic mass is 35.5. The van der Waals surface area contributed by atoms with Crippen LogP contribution in [0.15, 0.2) is 24.3 Å². The standard InChI is InChI=1S/C19H28N4O3.ClH/c1-3-22(2)18(25)14-6-4-7-15(12-14)19(26)23-11-5-8-16(13-23)17(24)21-10-9-20;/h4,6-7,12,16H,3,5,8-11,13,20H2,1-2H3,(H,21,24);1H. The zero-order valence-electron chi connectivity index (χ0n) is 15.9. The molecule has 1 aromatic rings. The summed E-state index contributed by atoms with van der Waals surface area (Å²) < 4.78 is 0. The molecule has 0 aliphatic carbocycles. The van der Waals surface area contributed by atoms with Crippen LogP contribution in [0.25, 0.3) is 0 Å². The van der Waals surface area contributed by atoms with Gasteiger partial charge in [-0.15, -0.1) is 12.4 Å². The molecule has 0 bridgehead atoms. The lowest BCUT2D eigenvalue weighted by Gasteiger charge is -2.32. The number of nitrogens with one attached hydrogen (secondary N) is 1. The fraction of sp³-hybridized carbons (Fsp3) is 0.526. The highest BCUT2D eigenvalue weighted by molar-refractivity contribution is 5.99. The smallest absolute Gasteiger partial charge is 0.253 e. The van der Waals surface area contributed by atoms with Crippen molar-refractivity contribution in [3.8, 4) is 0 Å². The predicted molar refractivity (Wildman–Crippen MR) is 107 cm³/mol. The van der Waals surface area contributed by atoms with Crippen molar-refractivity contribution >= 4 is 30.1 Å². The van der Waals surface area contributed by atoms with Crippen molar-refractivity contribution in [3.63, 3.8) is 0 Å². The second-order valence-electron chi connectivity index (χ2n) is 6.57. The van der Waals surface area contributed by atoms with Crippen LogP contribution in [0, 0.1) is 5.92 Å². The van der Waals surface area contributed by atoms with E-state index in [9.17, 15) is 14.4 Å². The highest BCUT2D eigenvalue weighted by Gasteiger charge is 2.29. The van der Waals surface area contributed by atoms with E-state index in [0.717, 1.165) is 12.8 Å². The number of hydrogen-bond donors (Lipinski definition) is 2. The first-order chi connectivity index (χ1) is 12.5. The van der Waals surface area contributed by atoms with Crippen molar-refractivity contribution < 1.29 is 14.4 Å². The van der Waals surface area contributed by atoms with Gasteiger partial charge in [-0.25, -0.2) is 0 Å². The number of piperidine rings is 1. The molecule has 1 atom stereocenters. The van der Waals surface area contributed by atoms with Crippen LogP contribution < -0.4 is 11.1 Å². The fourth-order valence-electron chi connectivity index (χ4n) is 3.05. The van der Waals surface area contributed by atoms with Gasteiger partial charge >= 0.3 is 0 Å². The zero-order valence-corrected chi connectivity index (χ0v) is 16.8. The van der Waals surface area contributed by atoms with Crippen molar-refractivity contribution in [2.45, 2.75) is 19.8 Å². The van der Waals surface area contributed by atoms with Gasteiger partial charge in [0.05, 0.1) is 5.92 Å². The SMILES string of the molecule is CCN(C)C(=O)c1cccc(C(=O)N2CCCC(C(=O)NCCN)C2)c1.Cl. The Morgan fingerprint density at radius 2 is 2.00 bits per heavy atom. The molecule has 1 aliphatic rings. The molecule has 3 amide bonds. The van der Waals surface area contributed by atoms with Gasteiger partial charge in [0.1, 0.15) is 0 Å². The molecule has 0 spiro atoms. The topological polar surface area (TPSA) is 95.7 Å². The molecule has 0 radical (unpaired) electrons. The fourth-order valence-corrected chi connectivity index (χ4v) is 3.05. The summed E-state index contributed by atoms with van der Waals surface area (Å²) in [5.74, 6) is -0.522. The molecule has 0 saturated carbocycles. The molecule has 3 N–H and O–H groups in total. The Morgan fingerprint density at radius 1 is 1.30 bits per heavy atom. The van der Waals surface area contributed by atoms with Gasteiger partial charge in [-0.2, -0.15) is 0 Å². The van der Waals surface area contributed by atoms with Gasteiger partial charge in [0.25, 0.3) is 11.8 Å². The Bertz CT molecular complexity index is 668. The summed E-state index contributed by atoms with van der Waals surface area (Å²) in [4.78, 5) is 40.6. The van der Waals surface area contributed by atoms with E-state index in [1.54, 1.807) is 41.1 Å². The number of likely N-dealkylation sites (tertiary alicyclic amines) is 1. The van der Waals surface area contributed by atoms with Crippen LogP contribution in [0.5, 0.6) is 0 Å². The second-order valence-corrected chi connectivity index (χ2v) is 6.57. The van der Waals surface area contributed by atoms with E-state index < -0.39 is 0 Å². The Hall–Kier alpha value is -2.12. The van der Waals surface area contributed by atoms with E-state index in [1.165, 1.54) is 0 Å². The van der Waals surface area contributed by atoms with Gasteiger partial charge in [-0.05, 0) is 38.0 Å². The normalized spacial score (nSPS) is 16.3. The minimum absolute atomic E-state index is 0. The summed E-state index contributed by atoms with van der Waals surface area (Å²) in [7, 11) is 1.73. The minimum atomic E-state index is -0.213. The molecule has 1 aromatic carbocycles. The van der Waals surface area contributed by atoms with Crippen molar-refractivity contribution in [1.29, 1.82) is 0 Å². The van der Waals surface area contributed by atoms with Crippen molar-refractivity contribution in [1.82, 2.24) is 15.1 Å². The number of benzene rings is 1. The highest BCUT2D eigenvalue weighted by Crippen LogP contribution is 2.19. The average Bonchev–Trinajstić information content (AvgIpc) is 2.70. The lowest BCUT2D eigenvalue weighted by Crippen LogP contribution is -2.46. The van der Waals surface area contributed by atoms with E-state index in [4.69, 9.17) is 5.73 Å². The number of carbonyl (C=O) groups is 3. The van der Waals surface area contributed by atoms with Crippen LogP contribution >= 0.6 is 12.4 Å². The maximum absolute atomic E-state index is 12.8. The van der Waals surface area contributed by atoms with Gasteiger partial charge < -0.3 is 20.9 Å². The second kappa shape index (κ2) is 10.9. The van der Waals surface area contributed by atoms with Crippen LogP contribution in [-0.2, 0) is 4.79 Å². The maximum atomic E-state index is 12.8. The third-order valence-corrected chi connectivity index (χ3v) is 4.70. The number of rotatable bonds is 6. The largest absolute Gasteiger partial charge is 0.355 e. The minimum Gasteiger partial charge on any atom is -0.355 e. The van der Waals surface area contributed by atoms with Gasteiger partial charge in [0.2, 0.25) is 5.91 Å². The van der Waals surface area contributed by atoms with Crippen molar-refractivity contribution in [3.05, 3.63) is 35.4 Å². The summed E-state index contributed by atoms with van der Waals surface area (Å²) >= 11 is 0. The summed E-state index contributed by atoms with van der Waals surface area (Å²) in [5, 5.41) is 2.79. The summed E-state index contributed by atoms with van der Waals surface area (Å²) in [6.45, 7) is 4.35. The van der Waals surface area contributed by atoms with E-state index >= 15 is 0 Å². The Labute approximate surface area is 166 Å². The molecule has 0 aromatic heterocycles. The molecule has 7 nitrogen and oxygen atoms in total. The average molecular weight is 397 g/mol. The maximum Gasteiger partial charge on any atom is 0.253 e. The van der Waals surface area contributed by atoms with Crippen molar-refractivity contribution in [2.24, 2.45) is 11.7 Å². The number of hydrogen-bond acceptors (Lipinski definition) is 4. The third-order valence-electron chi connectivity index (χ3n) is 4.70. The first-order valence-electron chi connectivity index (χ1n) is 9.10. The molecule has 150 valence electrons. The molecule has 27 heavy (non-hydrogen) atoms. The number of nitrogens with zero attached hydrogens (tertiary/aromatic N) is 2. The van der Waals surface area contributed by atoms with Crippen LogP contribution in [-0.4, -0.2) is 67.3 Å². The predicted octanol–water partition coefficient (Wildman–Crippen LogP) is 1.13. The third kappa shape index (κ3) is 5.94. The summed E-state index contributed by atoms with van der Waals surface area (Å²) in [5.41, 5.74) is 6.39. The summed E-state index contributed by atoms with van der Waals surface area (Å²) in [6, 6.07) is 6.78. The van der Waals surface area contributed by atoms with Crippen LogP contribution in [0.1, 0.15) is 40.5 Å². The Balaban J connectivity index is 0.00000364. The molecule has 8 heteroatoms. The number of nitrogens with two attached hydrogens (primary N) is 1. The Kier molecular flexibility index (Phi) is 9.25. The first kappa shape index (κ1) is 22.9. The van der Waals surface area contributed by atoms with Crippen LogP contribution in [0.2, 0.25) is 0 Å².